The van der Waals surface area contributed by atoms with Gasteiger partial charge < -0.3 is 19.5 Å². The number of aliphatic hydroxyl groups excluding tert-OH is 1. The molecule has 1 aliphatic carbocycles. The van der Waals surface area contributed by atoms with Crippen molar-refractivity contribution >= 4 is 23.7 Å². The molecule has 1 aromatic carbocycles. The maximum atomic E-state index is 12.3. The minimum absolute atomic E-state index is 0.0770. The SMILES string of the molecule is CN(C)c1ccc(/C=C2\CC(CO)(COC(=O)C3CCCCC3)OC2=O)cc1. The van der Waals surface area contributed by atoms with Gasteiger partial charge in [0.1, 0.15) is 6.61 Å². The number of carbonyl (C=O) groups excluding carboxylic acids is 2. The molecule has 0 amide bonds. The summed E-state index contributed by atoms with van der Waals surface area (Å²) in [5.41, 5.74) is 1.23. The Labute approximate surface area is 166 Å². The Balaban J connectivity index is 1.65. The van der Waals surface area contributed by atoms with E-state index in [0.717, 1.165) is 43.4 Å². The molecule has 1 saturated carbocycles. The van der Waals surface area contributed by atoms with Crippen molar-refractivity contribution in [2.24, 2.45) is 5.92 Å². The Morgan fingerprint density at radius 2 is 1.93 bits per heavy atom. The van der Waals surface area contributed by atoms with Gasteiger partial charge in [0.05, 0.1) is 12.5 Å². The van der Waals surface area contributed by atoms with E-state index in [0.29, 0.717) is 5.57 Å². The van der Waals surface area contributed by atoms with E-state index in [1.54, 1.807) is 6.08 Å². The summed E-state index contributed by atoms with van der Waals surface area (Å²) in [6, 6.07) is 7.80. The molecule has 6 nitrogen and oxygen atoms in total. The number of nitrogens with zero attached hydrogens (tertiary/aromatic N) is 1. The highest BCUT2D eigenvalue weighted by Crippen LogP contribution is 2.33. The van der Waals surface area contributed by atoms with E-state index < -0.39 is 11.6 Å². The van der Waals surface area contributed by atoms with E-state index in [4.69, 9.17) is 9.47 Å². The first-order valence-corrected chi connectivity index (χ1v) is 9.91. The van der Waals surface area contributed by atoms with Crippen molar-refractivity contribution in [1.82, 2.24) is 0 Å². The second-order valence-electron chi connectivity index (χ2n) is 8.01. The van der Waals surface area contributed by atoms with Crippen LogP contribution in [0, 0.1) is 5.92 Å². The van der Waals surface area contributed by atoms with Crippen LogP contribution >= 0.6 is 0 Å². The van der Waals surface area contributed by atoms with Crippen LogP contribution in [-0.4, -0.2) is 50.0 Å². The van der Waals surface area contributed by atoms with E-state index in [1.807, 2.05) is 43.3 Å². The quantitative estimate of drug-likeness (QED) is 0.597. The second kappa shape index (κ2) is 8.78. The lowest BCUT2D eigenvalue weighted by Gasteiger charge is -2.26. The predicted octanol–water partition coefficient (Wildman–Crippen LogP) is 2.94. The number of ether oxygens (including phenoxy) is 2. The number of esters is 2. The summed E-state index contributed by atoms with van der Waals surface area (Å²) in [7, 11) is 3.93. The Morgan fingerprint density at radius 1 is 1.25 bits per heavy atom. The maximum Gasteiger partial charge on any atom is 0.334 e. The molecule has 28 heavy (non-hydrogen) atoms. The molecule has 1 N–H and O–H groups in total. The molecule has 1 atom stereocenters. The number of benzene rings is 1. The summed E-state index contributed by atoms with van der Waals surface area (Å²) in [5, 5.41) is 9.84. The molecule has 1 aromatic rings. The molecule has 0 spiro atoms. The third-order valence-corrected chi connectivity index (χ3v) is 5.54. The Hall–Kier alpha value is -2.34. The minimum atomic E-state index is -1.18. The monoisotopic (exact) mass is 387 g/mol. The fourth-order valence-electron chi connectivity index (χ4n) is 3.77. The topological polar surface area (TPSA) is 76.1 Å². The lowest BCUT2D eigenvalue weighted by Crippen LogP contribution is -2.40. The molecule has 152 valence electrons. The number of rotatable bonds is 6. The normalized spacial score (nSPS) is 24.2. The van der Waals surface area contributed by atoms with Gasteiger partial charge >= 0.3 is 11.9 Å². The molecule has 6 heteroatoms. The van der Waals surface area contributed by atoms with Crippen molar-refractivity contribution in [3.05, 3.63) is 35.4 Å². The third kappa shape index (κ3) is 4.73. The predicted molar refractivity (Wildman–Crippen MR) is 107 cm³/mol. The fourth-order valence-corrected chi connectivity index (χ4v) is 3.77. The number of hydrogen-bond acceptors (Lipinski definition) is 6. The number of hydrogen-bond donors (Lipinski definition) is 1. The van der Waals surface area contributed by atoms with Gasteiger partial charge in [-0.05, 0) is 36.6 Å². The largest absolute Gasteiger partial charge is 0.461 e. The molecule has 2 fully saturated rings. The number of aliphatic hydroxyl groups is 1. The first-order valence-electron chi connectivity index (χ1n) is 9.91. The van der Waals surface area contributed by atoms with Gasteiger partial charge in [-0.2, -0.15) is 0 Å². The van der Waals surface area contributed by atoms with Crippen LogP contribution in [0.25, 0.3) is 6.08 Å². The lowest BCUT2D eigenvalue weighted by molar-refractivity contribution is -0.169. The minimum Gasteiger partial charge on any atom is -0.461 e. The van der Waals surface area contributed by atoms with Gasteiger partial charge in [-0.25, -0.2) is 4.79 Å². The number of anilines is 1. The van der Waals surface area contributed by atoms with Crippen LogP contribution in [0.1, 0.15) is 44.1 Å². The van der Waals surface area contributed by atoms with Crippen LogP contribution in [0.4, 0.5) is 5.69 Å². The number of carbonyl (C=O) groups is 2. The molecular formula is C22H29NO5. The van der Waals surface area contributed by atoms with Crippen LogP contribution in [0.5, 0.6) is 0 Å². The Bertz CT molecular complexity index is 734. The zero-order valence-corrected chi connectivity index (χ0v) is 16.6. The van der Waals surface area contributed by atoms with Crippen molar-refractivity contribution in [2.75, 3.05) is 32.2 Å². The highest BCUT2D eigenvalue weighted by molar-refractivity contribution is 5.96. The van der Waals surface area contributed by atoms with Gasteiger partial charge in [-0.3, -0.25) is 4.79 Å². The van der Waals surface area contributed by atoms with Gasteiger partial charge in [0.2, 0.25) is 0 Å². The zero-order valence-electron chi connectivity index (χ0n) is 16.6. The molecule has 2 aliphatic rings. The van der Waals surface area contributed by atoms with Gasteiger partial charge in [-0.15, -0.1) is 0 Å². The van der Waals surface area contributed by atoms with Crippen LogP contribution < -0.4 is 4.90 Å². The summed E-state index contributed by atoms with van der Waals surface area (Å²) in [4.78, 5) is 26.6. The Kier molecular flexibility index (Phi) is 6.39. The van der Waals surface area contributed by atoms with Crippen molar-refractivity contribution < 1.29 is 24.2 Å². The van der Waals surface area contributed by atoms with Gasteiger partial charge in [-0.1, -0.05) is 31.4 Å². The number of cyclic esters (lactones) is 1. The maximum absolute atomic E-state index is 12.3. The third-order valence-electron chi connectivity index (χ3n) is 5.54. The van der Waals surface area contributed by atoms with Crippen molar-refractivity contribution in [1.29, 1.82) is 0 Å². The van der Waals surface area contributed by atoms with E-state index >= 15 is 0 Å². The molecule has 1 aliphatic heterocycles. The zero-order chi connectivity index (χ0) is 20.1. The highest BCUT2D eigenvalue weighted by Gasteiger charge is 2.45. The van der Waals surface area contributed by atoms with Crippen LogP contribution in [-0.2, 0) is 19.1 Å². The van der Waals surface area contributed by atoms with E-state index in [1.165, 1.54) is 0 Å². The van der Waals surface area contributed by atoms with E-state index in [2.05, 4.69) is 0 Å². The van der Waals surface area contributed by atoms with E-state index in [9.17, 15) is 14.7 Å². The van der Waals surface area contributed by atoms with Crippen molar-refractivity contribution in [3.8, 4) is 0 Å². The molecule has 3 rings (SSSR count). The van der Waals surface area contributed by atoms with E-state index in [-0.39, 0.29) is 31.5 Å². The second-order valence-corrected chi connectivity index (χ2v) is 8.01. The molecular weight excluding hydrogens is 358 g/mol. The standard InChI is InChI=1S/C22H29NO5/c1-23(2)19-10-8-16(9-11-19)12-18-13-22(14-24,28-21(18)26)15-27-20(25)17-6-4-3-5-7-17/h8-12,17,24H,3-7,13-15H2,1-2H3/b18-12+. The fraction of sp³-hybridized carbons (Fsp3) is 0.545. The van der Waals surface area contributed by atoms with Crippen molar-refractivity contribution in [3.63, 3.8) is 0 Å². The molecule has 0 radical (unpaired) electrons. The molecule has 1 saturated heterocycles. The summed E-state index contributed by atoms with van der Waals surface area (Å²) >= 11 is 0. The van der Waals surface area contributed by atoms with Crippen LogP contribution in [0.2, 0.25) is 0 Å². The Morgan fingerprint density at radius 3 is 2.54 bits per heavy atom. The molecule has 0 aromatic heterocycles. The average Bonchev–Trinajstić information content (AvgIpc) is 3.03. The van der Waals surface area contributed by atoms with Gasteiger partial charge in [0.25, 0.3) is 0 Å². The average molecular weight is 387 g/mol. The summed E-state index contributed by atoms with van der Waals surface area (Å²) in [6.45, 7) is -0.491. The smallest absolute Gasteiger partial charge is 0.334 e. The first kappa shape index (κ1) is 20.4. The van der Waals surface area contributed by atoms with Crippen LogP contribution in [0.15, 0.2) is 29.8 Å². The van der Waals surface area contributed by atoms with Crippen LogP contribution in [0.3, 0.4) is 0 Å². The summed E-state index contributed by atoms with van der Waals surface area (Å²) in [5.74, 6) is -0.799. The first-order chi connectivity index (χ1) is 13.4. The summed E-state index contributed by atoms with van der Waals surface area (Å²) in [6.07, 6.45) is 6.92. The van der Waals surface area contributed by atoms with Gasteiger partial charge in [0.15, 0.2) is 5.60 Å². The lowest BCUT2D eigenvalue weighted by atomic mass is 9.89. The molecule has 1 heterocycles. The van der Waals surface area contributed by atoms with Gasteiger partial charge in [0, 0.05) is 31.8 Å². The molecule has 0 bridgehead atoms. The molecule has 1 unspecified atom stereocenters. The van der Waals surface area contributed by atoms with Crippen molar-refractivity contribution in [2.45, 2.75) is 44.1 Å². The highest BCUT2D eigenvalue weighted by atomic mass is 16.6. The summed E-state index contributed by atoms with van der Waals surface area (Å²) < 4.78 is 10.9.